The minimum absolute atomic E-state index is 0.536. The summed E-state index contributed by atoms with van der Waals surface area (Å²) in [6, 6.07) is 0.653. The highest BCUT2D eigenvalue weighted by Crippen LogP contribution is 2.20. The van der Waals surface area contributed by atoms with Gasteiger partial charge in [-0.2, -0.15) is 4.98 Å². The smallest absolute Gasteiger partial charge is 0.298 e. The van der Waals surface area contributed by atoms with Crippen LogP contribution in [0, 0.1) is 5.92 Å². The molecule has 1 aliphatic heterocycles. The molecular weight excluding hydrogens is 142 g/mol. The van der Waals surface area contributed by atoms with E-state index in [0.717, 1.165) is 13.2 Å². The minimum atomic E-state index is 0.536. The monoisotopic (exact) mass is 153 g/mol. The first-order valence-corrected chi connectivity index (χ1v) is 3.71. The van der Waals surface area contributed by atoms with Gasteiger partial charge in [0.15, 0.2) is 0 Å². The topological polar surface area (TPSA) is 53.1 Å². The number of hydrogen-bond donors (Lipinski definition) is 1. The number of fused-ring (bicyclic) bond motifs is 1. The summed E-state index contributed by atoms with van der Waals surface area (Å²) in [5, 5.41) is 0. The Kier molecular flexibility index (Phi) is 1.27. The van der Waals surface area contributed by atoms with Crippen LogP contribution in [0.4, 0.5) is 5.82 Å². The zero-order chi connectivity index (χ0) is 7.84. The number of imidazole rings is 1. The van der Waals surface area contributed by atoms with E-state index in [1.165, 1.54) is 0 Å². The summed E-state index contributed by atoms with van der Waals surface area (Å²) in [7, 11) is 0. The van der Waals surface area contributed by atoms with E-state index in [1.54, 1.807) is 0 Å². The van der Waals surface area contributed by atoms with Crippen LogP contribution in [0.25, 0.3) is 0 Å². The van der Waals surface area contributed by atoms with Crippen LogP contribution in [0.1, 0.15) is 6.92 Å². The molecule has 0 aromatic carbocycles. The van der Waals surface area contributed by atoms with Gasteiger partial charge < -0.3 is 10.5 Å². The second-order valence-electron chi connectivity index (χ2n) is 3.02. The molecule has 0 amide bonds. The van der Waals surface area contributed by atoms with Crippen molar-refractivity contribution in [2.45, 2.75) is 13.5 Å². The number of aromatic nitrogens is 2. The molecule has 0 radical (unpaired) electrons. The number of hydrogen-bond acceptors (Lipinski definition) is 3. The Balaban J connectivity index is 2.34. The third-order valence-electron chi connectivity index (χ3n) is 1.76. The number of nitrogen functional groups attached to an aromatic ring is 1. The highest BCUT2D eigenvalue weighted by Gasteiger charge is 2.16. The summed E-state index contributed by atoms with van der Waals surface area (Å²) < 4.78 is 7.28. The molecule has 0 spiro atoms. The Bertz CT molecular complexity index is 269. The molecule has 2 heterocycles. The molecule has 1 aromatic heterocycles. The van der Waals surface area contributed by atoms with Crippen LogP contribution in [-0.4, -0.2) is 16.2 Å². The van der Waals surface area contributed by atoms with Crippen LogP contribution in [0.15, 0.2) is 6.20 Å². The van der Waals surface area contributed by atoms with Gasteiger partial charge in [0.1, 0.15) is 5.82 Å². The van der Waals surface area contributed by atoms with E-state index in [0.29, 0.717) is 17.7 Å². The van der Waals surface area contributed by atoms with Crippen LogP contribution in [0.5, 0.6) is 6.01 Å². The molecule has 0 saturated heterocycles. The first-order chi connectivity index (χ1) is 5.25. The fourth-order valence-corrected chi connectivity index (χ4v) is 1.27. The van der Waals surface area contributed by atoms with Crippen molar-refractivity contribution in [2.24, 2.45) is 5.92 Å². The maximum absolute atomic E-state index is 5.49. The van der Waals surface area contributed by atoms with Crippen molar-refractivity contribution in [1.82, 2.24) is 9.55 Å². The molecule has 1 atom stereocenters. The Morgan fingerprint density at radius 1 is 1.82 bits per heavy atom. The van der Waals surface area contributed by atoms with Gasteiger partial charge in [-0.1, -0.05) is 6.92 Å². The number of nitrogens with zero attached hydrogens (tertiary/aromatic N) is 2. The van der Waals surface area contributed by atoms with Crippen LogP contribution in [0.3, 0.4) is 0 Å². The van der Waals surface area contributed by atoms with E-state index in [9.17, 15) is 0 Å². The van der Waals surface area contributed by atoms with Crippen LogP contribution >= 0.6 is 0 Å². The molecule has 11 heavy (non-hydrogen) atoms. The minimum Gasteiger partial charge on any atom is -0.464 e. The van der Waals surface area contributed by atoms with Crippen molar-refractivity contribution in [2.75, 3.05) is 12.3 Å². The van der Waals surface area contributed by atoms with Crippen LogP contribution < -0.4 is 10.5 Å². The molecule has 0 fully saturated rings. The van der Waals surface area contributed by atoms with Gasteiger partial charge in [0.05, 0.1) is 12.8 Å². The maximum atomic E-state index is 5.49. The number of anilines is 1. The average molecular weight is 153 g/mol. The van der Waals surface area contributed by atoms with Gasteiger partial charge >= 0.3 is 0 Å². The summed E-state index contributed by atoms with van der Waals surface area (Å²) in [4.78, 5) is 4.00. The van der Waals surface area contributed by atoms with Crippen molar-refractivity contribution in [3.05, 3.63) is 6.20 Å². The van der Waals surface area contributed by atoms with Crippen molar-refractivity contribution in [3.8, 4) is 6.01 Å². The molecule has 0 saturated carbocycles. The van der Waals surface area contributed by atoms with Gasteiger partial charge in [-0.15, -0.1) is 0 Å². The number of nitrogens with two attached hydrogens (primary N) is 1. The Hall–Kier alpha value is -1.19. The van der Waals surface area contributed by atoms with E-state index >= 15 is 0 Å². The molecule has 1 aromatic rings. The van der Waals surface area contributed by atoms with Crippen LogP contribution in [0.2, 0.25) is 0 Å². The third-order valence-corrected chi connectivity index (χ3v) is 1.76. The SMILES string of the molecule is CC1COc2nc(N)cn2C1. The van der Waals surface area contributed by atoms with E-state index < -0.39 is 0 Å². The summed E-state index contributed by atoms with van der Waals surface area (Å²) in [6.07, 6.45) is 1.81. The summed E-state index contributed by atoms with van der Waals surface area (Å²) >= 11 is 0. The van der Waals surface area contributed by atoms with Crippen molar-refractivity contribution >= 4 is 5.82 Å². The normalized spacial score (nSPS) is 22.5. The number of ether oxygens (including phenoxy) is 1. The first-order valence-electron chi connectivity index (χ1n) is 3.71. The molecule has 4 heteroatoms. The average Bonchev–Trinajstić information content (AvgIpc) is 2.27. The molecule has 2 rings (SSSR count). The molecule has 1 unspecified atom stereocenters. The van der Waals surface area contributed by atoms with Gasteiger partial charge in [-0.05, 0) is 0 Å². The third kappa shape index (κ3) is 1.04. The van der Waals surface area contributed by atoms with Gasteiger partial charge in [-0.3, -0.25) is 4.57 Å². The number of rotatable bonds is 0. The van der Waals surface area contributed by atoms with Gasteiger partial charge in [0.25, 0.3) is 6.01 Å². The molecule has 0 aliphatic carbocycles. The molecule has 1 aliphatic rings. The predicted molar refractivity (Wildman–Crippen MR) is 41.3 cm³/mol. The molecular formula is C7H11N3O. The molecule has 2 N–H and O–H groups in total. The lowest BCUT2D eigenvalue weighted by Gasteiger charge is -2.19. The largest absolute Gasteiger partial charge is 0.464 e. The second kappa shape index (κ2) is 2.15. The summed E-state index contributed by atoms with van der Waals surface area (Å²) in [6.45, 7) is 3.84. The second-order valence-corrected chi connectivity index (χ2v) is 3.02. The van der Waals surface area contributed by atoms with E-state index in [4.69, 9.17) is 10.5 Å². The van der Waals surface area contributed by atoms with E-state index in [2.05, 4.69) is 11.9 Å². The summed E-state index contributed by atoms with van der Waals surface area (Å²) in [5.74, 6) is 1.09. The van der Waals surface area contributed by atoms with Crippen molar-refractivity contribution in [1.29, 1.82) is 0 Å². The molecule has 0 bridgehead atoms. The maximum Gasteiger partial charge on any atom is 0.298 e. The lowest BCUT2D eigenvalue weighted by molar-refractivity contribution is 0.177. The van der Waals surface area contributed by atoms with Gasteiger partial charge in [0.2, 0.25) is 0 Å². The lowest BCUT2D eigenvalue weighted by Crippen LogP contribution is -2.22. The standard InChI is InChI=1S/C7H11N3O/c1-5-2-10-3-6(8)9-7(10)11-4-5/h3,5H,2,4,8H2,1H3. The summed E-state index contributed by atoms with van der Waals surface area (Å²) in [5.41, 5.74) is 5.49. The van der Waals surface area contributed by atoms with Gasteiger partial charge in [0, 0.05) is 12.5 Å². The van der Waals surface area contributed by atoms with Crippen LogP contribution in [-0.2, 0) is 6.54 Å². The highest BCUT2D eigenvalue weighted by molar-refractivity contribution is 5.28. The quantitative estimate of drug-likeness (QED) is 0.590. The molecule has 60 valence electrons. The fourth-order valence-electron chi connectivity index (χ4n) is 1.27. The fraction of sp³-hybridized carbons (Fsp3) is 0.571. The zero-order valence-corrected chi connectivity index (χ0v) is 6.45. The Morgan fingerprint density at radius 2 is 2.64 bits per heavy atom. The van der Waals surface area contributed by atoms with Crippen molar-refractivity contribution < 1.29 is 4.74 Å². The lowest BCUT2D eigenvalue weighted by atomic mass is 10.2. The van der Waals surface area contributed by atoms with E-state index in [-0.39, 0.29) is 0 Å². The Morgan fingerprint density at radius 3 is 3.45 bits per heavy atom. The first kappa shape index (κ1) is 6.52. The van der Waals surface area contributed by atoms with Gasteiger partial charge in [-0.25, -0.2) is 0 Å². The predicted octanol–water partition coefficient (Wildman–Crippen LogP) is 0.494. The molecule has 4 nitrogen and oxygen atoms in total. The van der Waals surface area contributed by atoms with E-state index in [1.807, 2.05) is 10.8 Å². The highest BCUT2D eigenvalue weighted by atomic mass is 16.5. The zero-order valence-electron chi connectivity index (χ0n) is 6.45. The Labute approximate surface area is 65.0 Å². The van der Waals surface area contributed by atoms with Crippen molar-refractivity contribution in [3.63, 3.8) is 0 Å².